The van der Waals surface area contributed by atoms with Crippen LogP contribution in [0.5, 0.6) is 0 Å². The van der Waals surface area contributed by atoms with Crippen molar-refractivity contribution in [3.63, 3.8) is 0 Å². The molecule has 0 radical (unpaired) electrons. The van der Waals surface area contributed by atoms with Crippen LogP contribution in [0.2, 0.25) is 0 Å². The smallest absolute Gasteiger partial charge is 0.227 e. The quantitative estimate of drug-likeness (QED) is 0.102. The van der Waals surface area contributed by atoms with Crippen LogP contribution in [0.25, 0.3) is 0 Å². The van der Waals surface area contributed by atoms with Gasteiger partial charge in [0.15, 0.2) is 30.3 Å². The molecule has 0 amide bonds. The third-order valence-electron chi connectivity index (χ3n) is 11.6. The molecule has 28 nitrogen and oxygen atoms in total. The number of ether oxygens (including phenoxy) is 10. The lowest BCUT2D eigenvalue weighted by atomic mass is 9.96. The molecule has 64 heavy (non-hydrogen) atoms. The SMILES string of the molecule is CC1=NC2[C@@H](O1)OC(CO)[C@@H](O)[C@@H]2O.CC1=NC2[C@@H](O1)OC(CO)[C@@H](O)[C@@H]2O[C@@H]1OC(CO)[C@H](O)[C@H](O)C1O.CC1=NC2[C@@H](O1)OC(CO)[C@@H](O[C@@H]1OC(CO)[C@H](O)[C@H](O)C1O)[C@@H]2O. The lowest BCUT2D eigenvalue weighted by Crippen LogP contribution is -2.63. The van der Waals surface area contributed by atoms with E-state index in [0.29, 0.717) is 17.7 Å². The molecule has 0 aromatic rings. The number of hydrogen-bond donors (Lipinski definition) is 15. The Morgan fingerprint density at radius 3 is 1.12 bits per heavy atom. The van der Waals surface area contributed by atoms with Gasteiger partial charge in [-0.25, -0.2) is 15.0 Å². The molecule has 8 heterocycles. The van der Waals surface area contributed by atoms with E-state index in [1.54, 1.807) is 20.8 Å². The summed E-state index contributed by atoms with van der Waals surface area (Å²) in [5, 5.41) is 146. The van der Waals surface area contributed by atoms with Gasteiger partial charge in [0.25, 0.3) is 0 Å². The number of hydrogen-bond acceptors (Lipinski definition) is 28. The van der Waals surface area contributed by atoms with Crippen LogP contribution in [0.3, 0.4) is 0 Å². The average Bonchev–Trinajstić information content (AvgIpc) is 3.98. The van der Waals surface area contributed by atoms with Crippen LogP contribution in [0, 0.1) is 0 Å². The number of nitrogens with zero attached hydrogens (tertiary/aromatic N) is 3. The predicted molar refractivity (Wildman–Crippen MR) is 202 cm³/mol. The molecule has 0 saturated carbocycles. The first kappa shape index (κ1) is 50.9. The zero-order valence-corrected chi connectivity index (χ0v) is 34.6. The van der Waals surface area contributed by atoms with Crippen LogP contribution < -0.4 is 0 Å². The van der Waals surface area contributed by atoms with Crippen molar-refractivity contribution in [1.29, 1.82) is 0 Å². The summed E-state index contributed by atoms with van der Waals surface area (Å²) in [5.74, 6) is 1.05. The van der Waals surface area contributed by atoms with Crippen LogP contribution in [0.15, 0.2) is 15.0 Å². The lowest BCUT2D eigenvalue weighted by molar-refractivity contribution is -0.341. The van der Waals surface area contributed by atoms with Crippen molar-refractivity contribution in [1.82, 2.24) is 0 Å². The molecule has 5 saturated heterocycles. The van der Waals surface area contributed by atoms with E-state index in [1.165, 1.54) is 0 Å². The summed E-state index contributed by atoms with van der Waals surface area (Å²) < 4.78 is 53.7. The third-order valence-corrected chi connectivity index (χ3v) is 11.6. The van der Waals surface area contributed by atoms with Crippen LogP contribution in [0.1, 0.15) is 20.8 Å². The van der Waals surface area contributed by atoms with Gasteiger partial charge in [0.2, 0.25) is 18.9 Å². The Balaban J connectivity index is 0.000000166. The minimum Gasteiger partial charge on any atom is -0.450 e. The zero-order valence-electron chi connectivity index (χ0n) is 34.6. The molecule has 0 spiro atoms. The monoisotopic (exact) mass is 933 g/mol. The highest BCUT2D eigenvalue weighted by Crippen LogP contribution is 2.35. The largest absolute Gasteiger partial charge is 0.450 e. The normalized spacial score (nSPS) is 49.4. The fourth-order valence-electron chi connectivity index (χ4n) is 8.10. The summed E-state index contributed by atoms with van der Waals surface area (Å²) in [6.07, 6.45) is -26.9. The standard InChI is InChI=1S/2C14H23NO10.C8H13NO5/c1-4-15-7-9(19)12(6(3-17)24-13(7)22-4)25-14-11(21)10(20)8(18)5(2-16)23-14;1-4-15-7-12(9(19)6(3-17)23-13(7)22-4)25-14-11(21)10(20)8(18)5(2-16)24-14;1-3-9-5-7(12)6(11)4(2-10)14-8(5)13-3/h2*5-14,16-21H,2-3H2,1H3;4-8,10-12H,2H2,1H3/t2*5?,6?,7?,8-,9+,10-,11?,12+,13-,14-;4?,5?,6-,7-,8+/m001/s1. The average molecular weight is 934 g/mol. The number of aliphatic imine (C=N–C) groups is 3. The Labute approximate surface area is 363 Å². The maximum Gasteiger partial charge on any atom is 0.227 e. The van der Waals surface area contributed by atoms with Crippen molar-refractivity contribution in [3.05, 3.63) is 0 Å². The van der Waals surface area contributed by atoms with Gasteiger partial charge in [-0.3, -0.25) is 0 Å². The summed E-state index contributed by atoms with van der Waals surface area (Å²) in [6, 6.07) is -2.14. The van der Waals surface area contributed by atoms with E-state index >= 15 is 0 Å². The Bertz CT molecular complexity index is 1610. The molecule has 368 valence electrons. The Kier molecular flexibility index (Phi) is 17.2. The molecule has 28 heteroatoms. The molecule has 0 aromatic carbocycles. The Morgan fingerprint density at radius 2 is 0.688 bits per heavy atom. The molecular weight excluding hydrogens is 874 g/mol. The van der Waals surface area contributed by atoms with E-state index in [1.807, 2.05) is 0 Å². The molecule has 0 aliphatic carbocycles. The first-order valence-electron chi connectivity index (χ1n) is 20.4. The summed E-state index contributed by atoms with van der Waals surface area (Å²) in [7, 11) is 0. The number of aliphatic hydroxyl groups excluding tert-OH is 15. The van der Waals surface area contributed by atoms with Gasteiger partial charge in [-0.1, -0.05) is 0 Å². The van der Waals surface area contributed by atoms with E-state index in [0.717, 1.165) is 0 Å². The van der Waals surface area contributed by atoms with Crippen molar-refractivity contribution in [2.75, 3.05) is 33.0 Å². The second-order valence-electron chi connectivity index (χ2n) is 16.0. The molecule has 25 atom stereocenters. The summed E-state index contributed by atoms with van der Waals surface area (Å²) in [4.78, 5) is 12.3. The zero-order chi connectivity index (χ0) is 46.9. The van der Waals surface area contributed by atoms with Crippen LogP contribution in [0.4, 0.5) is 0 Å². The molecule has 8 aliphatic rings. The topological polar surface area (TPSA) is 433 Å². The van der Waals surface area contributed by atoms with Gasteiger partial charge in [0, 0.05) is 20.8 Å². The second-order valence-corrected chi connectivity index (χ2v) is 16.0. The van der Waals surface area contributed by atoms with Crippen molar-refractivity contribution in [2.45, 2.75) is 174 Å². The van der Waals surface area contributed by atoms with E-state index in [9.17, 15) is 71.5 Å². The van der Waals surface area contributed by atoms with Gasteiger partial charge in [-0.2, -0.15) is 0 Å². The van der Waals surface area contributed by atoms with E-state index < -0.39 is 180 Å². The van der Waals surface area contributed by atoms with Crippen LogP contribution in [-0.4, -0.2) is 281 Å². The molecular formula is C36H59N3O25. The molecule has 8 aliphatic heterocycles. The van der Waals surface area contributed by atoms with Crippen molar-refractivity contribution in [3.8, 4) is 0 Å². The molecule has 8 rings (SSSR count). The number of aliphatic hydroxyl groups is 15. The van der Waals surface area contributed by atoms with Gasteiger partial charge >= 0.3 is 0 Å². The molecule has 15 N–H and O–H groups in total. The van der Waals surface area contributed by atoms with Crippen molar-refractivity contribution < 1.29 is 124 Å². The van der Waals surface area contributed by atoms with Gasteiger partial charge < -0.3 is 124 Å². The highest BCUT2D eigenvalue weighted by molar-refractivity contribution is 5.76. The first-order valence-corrected chi connectivity index (χ1v) is 20.4. The predicted octanol–water partition coefficient (Wildman–Crippen LogP) is -9.62. The highest BCUT2D eigenvalue weighted by atomic mass is 16.8. The lowest BCUT2D eigenvalue weighted by Gasteiger charge is -2.44. The van der Waals surface area contributed by atoms with E-state index in [2.05, 4.69) is 15.0 Å². The first-order chi connectivity index (χ1) is 30.4. The maximum absolute atomic E-state index is 10.5. The van der Waals surface area contributed by atoms with Crippen molar-refractivity contribution >= 4 is 17.7 Å². The van der Waals surface area contributed by atoms with Gasteiger partial charge in [0.1, 0.15) is 122 Å². The van der Waals surface area contributed by atoms with Gasteiger partial charge in [0.05, 0.1) is 33.0 Å². The minimum atomic E-state index is -1.63. The van der Waals surface area contributed by atoms with Crippen molar-refractivity contribution in [2.24, 2.45) is 15.0 Å². The number of fused-ring (bicyclic) bond motifs is 3. The number of rotatable bonds is 9. The summed E-state index contributed by atoms with van der Waals surface area (Å²) >= 11 is 0. The van der Waals surface area contributed by atoms with Crippen LogP contribution >= 0.6 is 0 Å². The Morgan fingerprint density at radius 1 is 0.359 bits per heavy atom. The molecule has 10 unspecified atom stereocenters. The third kappa shape index (κ3) is 10.5. The van der Waals surface area contributed by atoms with Crippen LogP contribution in [-0.2, 0) is 47.4 Å². The Hall–Kier alpha value is -2.47. The maximum atomic E-state index is 10.5. The van der Waals surface area contributed by atoms with E-state index in [4.69, 9.17) is 52.5 Å². The summed E-state index contributed by atoms with van der Waals surface area (Å²) in [6.45, 7) is 2.25. The molecule has 5 fully saturated rings. The minimum absolute atomic E-state index is 0.309. The fourth-order valence-corrected chi connectivity index (χ4v) is 8.10. The second kappa shape index (κ2) is 21.7. The highest BCUT2D eigenvalue weighted by Gasteiger charge is 2.55. The van der Waals surface area contributed by atoms with Gasteiger partial charge in [-0.05, 0) is 0 Å². The summed E-state index contributed by atoms with van der Waals surface area (Å²) in [5.41, 5.74) is 0. The molecule has 0 bridgehead atoms. The fraction of sp³-hybridized carbons (Fsp3) is 0.917. The molecule has 0 aromatic heterocycles. The van der Waals surface area contributed by atoms with Gasteiger partial charge in [-0.15, -0.1) is 0 Å². The van der Waals surface area contributed by atoms with E-state index in [-0.39, 0.29) is 6.61 Å².